The van der Waals surface area contributed by atoms with Gasteiger partial charge in [-0.3, -0.25) is 4.72 Å². The topological polar surface area (TPSA) is 83.5 Å². The zero-order valence-electron chi connectivity index (χ0n) is 9.19. The molecule has 1 rings (SSSR count). The summed E-state index contributed by atoms with van der Waals surface area (Å²) >= 11 is 5.36. The molecular formula is C10H11ClFNO4S. The first kappa shape index (κ1) is 14.7. The Labute approximate surface area is 109 Å². The van der Waals surface area contributed by atoms with Crippen molar-refractivity contribution in [2.24, 2.45) is 0 Å². The number of nitrogens with one attached hydrogen (secondary N) is 1. The maximum atomic E-state index is 13.3. The molecule has 0 radical (unpaired) electrons. The van der Waals surface area contributed by atoms with Crippen LogP contribution in [0.1, 0.15) is 16.8 Å². The summed E-state index contributed by atoms with van der Waals surface area (Å²) in [6.07, 6.45) is 0.219. The molecule has 8 heteroatoms. The molecule has 0 unspecified atom stereocenters. The summed E-state index contributed by atoms with van der Waals surface area (Å²) in [7, 11) is -3.73. The molecule has 100 valence electrons. The van der Waals surface area contributed by atoms with Crippen LogP contribution in [-0.4, -0.2) is 31.1 Å². The van der Waals surface area contributed by atoms with Crippen LogP contribution < -0.4 is 4.72 Å². The number of hydrogen-bond acceptors (Lipinski definition) is 3. The molecule has 0 aliphatic carbocycles. The molecule has 0 aromatic heterocycles. The molecule has 0 atom stereocenters. The summed E-state index contributed by atoms with van der Waals surface area (Å²) in [5.41, 5.74) is -0.587. The van der Waals surface area contributed by atoms with Crippen molar-refractivity contribution in [3.63, 3.8) is 0 Å². The van der Waals surface area contributed by atoms with E-state index in [2.05, 4.69) is 0 Å². The fourth-order valence-corrected chi connectivity index (χ4v) is 2.61. The molecule has 0 heterocycles. The fraction of sp³-hybridized carbons (Fsp3) is 0.300. The number of alkyl halides is 1. The molecule has 0 bridgehead atoms. The van der Waals surface area contributed by atoms with Gasteiger partial charge in [-0.15, -0.1) is 11.6 Å². The minimum atomic E-state index is -3.73. The fourth-order valence-electron chi connectivity index (χ4n) is 1.20. The second-order valence-corrected chi connectivity index (χ2v) is 5.68. The van der Waals surface area contributed by atoms with Gasteiger partial charge in [-0.25, -0.2) is 17.6 Å². The Kier molecular flexibility index (Phi) is 4.92. The van der Waals surface area contributed by atoms with Crippen molar-refractivity contribution in [1.29, 1.82) is 0 Å². The maximum Gasteiger partial charge on any atom is 0.335 e. The van der Waals surface area contributed by atoms with Gasteiger partial charge in [0, 0.05) is 5.88 Å². The van der Waals surface area contributed by atoms with Crippen LogP contribution in [0.4, 0.5) is 10.1 Å². The normalized spacial score (nSPS) is 11.2. The van der Waals surface area contributed by atoms with Crippen molar-refractivity contribution in [2.75, 3.05) is 16.4 Å². The molecule has 5 nitrogen and oxygen atoms in total. The van der Waals surface area contributed by atoms with Crippen molar-refractivity contribution >= 4 is 33.3 Å². The highest BCUT2D eigenvalue weighted by molar-refractivity contribution is 7.92. The lowest BCUT2D eigenvalue weighted by Gasteiger charge is -2.08. The van der Waals surface area contributed by atoms with E-state index in [0.29, 0.717) is 0 Å². The third-order valence-electron chi connectivity index (χ3n) is 2.03. The Balaban J connectivity index is 2.96. The van der Waals surface area contributed by atoms with Crippen molar-refractivity contribution in [3.8, 4) is 0 Å². The van der Waals surface area contributed by atoms with Crippen molar-refractivity contribution in [1.82, 2.24) is 0 Å². The number of carboxylic acids is 1. The molecule has 2 N–H and O–H groups in total. The van der Waals surface area contributed by atoms with Crippen molar-refractivity contribution in [3.05, 3.63) is 29.6 Å². The second kappa shape index (κ2) is 6.01. The van der Waals surface area contributed by atoms with E-state index in [9.17, 15) is 17.6 Å². The number of aromatic carboxylic acids is 1. The Morgan fingerprint density at radius 1 is 1.44 bits per heavy atom. The first-order valence-corrected chi connectivity index (χ1v) is 7.13. The summed E-state index contributed by atoms with van der Waals surface area (Å²) in [5.74, 6) is -2.20. The van der Waals surface area contributed by atoms with Gasteiger partial charge in [0.1, 0.15) is 5.82 Å². The quantitative estimate of drug-likeness (QED) is 0.785. The number of halogens is 2. The van der Waals surface area contributed by atoms with E-state index in [1.54, 1.807) is 0 Å². The van der Waals surface area contributed by atoms with Crippen LogP contribution in [0.5, 0.6) is 0 Å². The number of rotatable bonds is 6. The maximum absolute atomic E-state index is 13.3. The van der Waals surface area contributed by atoms with Gasteiger partial charge >= 0.3 is 5.97 Å². The van der Waals surface area contributed by atoms with E-state index in [0.717, 1.165) is 18.2 Å². The van der Waals surface area contributed by atoms with Crippen LogP contribution in [-0.2, 0) is 10.0 Å². The molecule has 18 heavy (non-hydrogen) atoms. The zero-order chi connectivity index (χ0) is 13.8. The van der Waals surface area contributed by atoms with Gasteiger partial charge in [-0.2, -0.15) is 0 Å². The Morgan fingerprint density at radius 2 is 2.11 bits per heavy atom. The van der Waals surface area contributed by atoms with E-state index in [1.165, 1.54) is 0 Å². The monoisotopic (exact) mass is 295 g/mol. The minimum Gasteiger partial charge on any atom is -0.478 e. The first-order valence-electron chi connectivity index (χ1n) is 4.95. The molecule has 1 aromatic carbocycles. The minimum absolute atomic E-state index is 0.165. The van der Waals surface area contributed by atoms with Crippen LogP contribution in [0.2, 0.25) is 0 Å². The van der Waals surface area contributed by atoms with Gasteiger partial charge in [0.05, 0.1) is 17.0 Å². The predicted molar refractivity (Wildman–Crippen MR) is 66.1 cm³/mol. The van der Waals surface area contributed by atoms with E-state index >= 15 is 0 Å². The first-order chi connectivity index (χ1) is 8.35. The predicted octanol–water partition coefficient (Wildman–Crippen LogP) is 1.89. The third-order valence-corrected chi connectivity index (χ3v) is 3.65. The second-order valence-electron chi connectivity index (χ2n) is 3.46. The average molecular weight is 296 g/mol. The molecule has 0 aliphatic heterocycles. The van der Waals surface area contributed by atoms with E-state index < -0.39 is 21.8 Å². The van der Waals surface area contributed by atoms with Crippen molar-refractivity contribution in [2.45, 2.75) is 6.42 Å². The highest BCUT2D eigenvalue weighted by atomic mass is 35.5. The van der Waals surface area contributed by atoms with Crippen LogP contribution >= 0.6 is 11.6 Å². The summed E-state index contributed by atoms with van der Waals surface area (Å²) in [6, 6.07) is 2.87. The van der Waals surface area contributed by atoms with Crippen LogP contribution in [0.3, 0.4) is 0 Å². The van der Waals surface area contributed by atoms with Gasteiger partial charge in [-0.05, 0) is 24.6 Å². The lowest BCUT2D eigenvalue weighted by molar-refractivity contribution is 0.0697. The zero-order valence-corrected chi connectivity index (χ0v) is 10.8. The highest BCUT2D eigenvalue weighted by Crippen LogP contribution is 2.18. The third kappa shape index (κ3) is 4.15. The van der Waals surface area contributed by atoms with Gasteiger partial charge in [0.2, 0.25) is 10.0 Å². The molecule has 0 saturated carbocycles. The largest absolute Gasteiger partial charge is 0.478 e. The molecule has 0 amide bonds. The summed E-state index contributed by atoms with van der Waals surface area (Å²) in [4.78, 5) is 10.7. The number of anilines is 1. The lowest BCUT2D eigenvalue weighted by atomic mass is 10.2. The molecule has 0 fully saturated rings. The van der Waals surface area contributed by atoms with Gasteiger partial charge in [-0.1, -0.05) is 0 Å². The average Bonchev–Trinajstić information content (AvgIpc) is 2.29. The van der Waals surface area contributed by atoms with Gasteiger partial charge in [0.25, 0.3) is 0 Å². The van der Waals surface area contributed by atoms with Gasteiger partial charge < -0.3 is 5.11 Å². The van der Waals surface area contributed by atoms with Gasteiger partial charge in [0.15, 0.2) is 0 Å². The number of carboxylic acid groups (broad SMARTS) is 1. The summed E-state index contributed by atoms with van der Waals surface area (Å²) < 4.78 is 38.3. The standard InChI is InChI=1S/C10H11ClFNO4S/c11-4-1-5-18(16,17)13-9-6-7(10(14)15)2-3-8(9)12/h2-3,6,13H,1,4-5H2,(H,14,15). The Bertz CT molecular complexity index is 547. The van der Waals surface area contributed by atoms with Crippen LogP contribution in [0.25, 0.3) is 0 Å². The van der Waals surface area contributed by atoms with Crippen molar-refractivity contribution < 1.29 is 22.7 Å². The van der Waals surface area contributed by atoms with E-state index in [-0.39, 0.29) is 29.3 Å². The smallest absolute Gasteiger partial charge is 0.335 e. The molecule has 1 aromatic rings. The molecule has 0 spiro atoms. The Hall–Kier alpha value is -1.34. The van der Waals surface area contributed by atoms with E-state index in [4.69, 9.17) is 16.7 Å². The molecule has 0 saturated heterocycles. The SMILES string of the molecule is O=C(O)c1ccc(F)c(NS(=O)(=O)CCCCl)c1. The number of hydrogen-bond donors (Lipinski definition) is 2. The number of carbonyl (C=O) groups is 1. The number of benzene rings is 1. The highest BCUT2D eigenvalue weighted by Gasteiger charge is 2.14. The Morgan fingerprint density at radius 3 is 2.67 bits per heavy atom. The lowest BCUT2D eigenvalue weighted by Crippen LogP contribution is -2.18. The van der Waals surface area contributed by atoms with Crippen LogP contribution in [0, 0.1) is 5.82 Å². The molecule has 0 aliphatic rings. The summed E-state index contributed by atoms with van der Waals surface area (Å²) in [5, 5.41) is 8.72. The number of sulfonamides is 1. The molecular weight excluding hydrogens is 285 g/mol. The van der Waals surface area contributed by atoms with Crippen LogP contribution in [0.15, 0.2) is 18.2 Å². The van der Waals surface area contributed by atoms with E-state index in [1.807, 2.05) is 4.72 Å². The summed E-state index contributed by atoms with van der Waals surface area (Å²) in [6.45, 7) is 0.